The van der Waals surface area contributed by atoms with Crippen molar-refractivity contribution in [3.05, 3.63) is 27.9 Å². The van der Waals surface area contributed by atoms with Gasteiger partial charge in [-0.05, 0) is 91.1 Å². The van der Waals surface area contributed by atoms with Crippen LogP contribution in [0.2, 0.25) is 0 Å². The van der Waals surface area contributed by atoms with Crippen LogP contribution in [-0.4, -0.2) is 5.88 Å². The van der Waals surface area contributed by atoms with Crippen LogP contribution in [-0.2, 0) is 0 Å². The van der Waals surface area contributed by atoms with Crippen molar-refractivity contribution in [2.24, 2.45) is 0 Å². The zero-order valence-corrected chi connectivity index (χ0v) is 16.2. The highest BCUT2D eigenvalue weighted by atomic mass is 79.9. The number of hydrogen-bond acceptors (Lipinski definition) is 0. The van der Waals surface area contributed by atoms with Gasteiger partial charge in [-0.2, -0.15) is 0 Å². The molecule has 1 unspecified atom stereocenters. The fourth-order valence-electron chi connectivity index (χ4n) is 1.13. The maximum absolute atomic E-state index is 5.89. The molecule has 84 valence electrons. The number of rotatable bonds is 2. The highest BCUT2D eigenvalue weighted by Gasteiger charge is 2.20. The molecule has 0 aliphatic rings. The fourth-order valence-corrected chi connectivity index (χ4v) is 5.14. The number of halogens is 6. The summed E-state index contributed by atoms with van der Waals surface area (Å²) in [5.74, 6) is 0.855. The van der Waals surface area contributed by atoms with Crippen molar-refractivity contribution in [3.8, 4) is 0 Å². The molecule has 1 aromatic rings. The van der Waals surface area contributed by atoms with E-state index in [9.17, 15) is 0 Å². The summed E-state index contributed by atoms with van der Waals surface area (Å²) < 4.78 is 5.01. The number of hydrogen-bond donors (Lipinski definition) is 0. The Bertz CT molecular complexity index is 362. The first-order chi connectivity index (χ1) is 6.91. The van der Waals surface area contributed by atoms with Gasteiger partial charge in [0, 0.05) is 28.2 Å². The van der Waals surface area contributed by atoms with Gasteiger partial charge in [0.2, 0.25) is 0 Å². The minimum Gasteiger partial charge on any atom is -0.126 e. The Morgan fingerprint density at radius 2 is 1.20 bits per heavy atom. The van der Waals surface area contributed by atoms with E-state index < -0.39 is 0 Å². The molecule has 0 bridgehead atoms. The van der Waals surface area contributed by atoms with E-state index in [1.54, 1.807) is 0 Å². The van der Waals surface area contributed by atoms with Crippen molar-refractivity contribution in [1.82, 2.24) is 0 Å². The summed E-state index contributed by atoms with van der Waals surface area (Å²) in [6.07, 6.45) is 0. The fraction of sp³-hybridized carbons (Fsp3) is 0.333. The van der Waals surface area contributed by atoms with E-state index in [-0.39, 0.29) is 5.92 Å². The van der Waals surface area contributed by atoms with Gasteiger partial charge in [-0.25, -0.2) is 0 Å². The Morgan fingerprint density at radius 3 is 1.53 bits per heavy atom. The van der Waals surface area contributed by atoms with Crippen molar-refractivity contribution in [2.45, 2.75) is 12.8 Å². The van der Waals surface area contributed by atoms with E-state index >= 15 is 0 Å². The molecule has 0 aromatic heterocycles. The standard InChI is InChI=1S/C9H6Br5Cl/c1-3(2-15)4-5(10)7(12)9(14)8(13)6(4)11/h3H,2H2,1H3. The zero-order chi connectivity index (χ0) is 11.7. The lowest BCUT2D eigenvalue weighted by atomic mass is 10.0. The second-order valence-electron chi connectivity index (χ2n) is 3.04. The SMILES string of the molecule is CC(CCl)c1c(Br)c(Br)c(Br)c(Br)c1Br. The van der Waals surface area contributed by atoms with Crippen LogP contribution >= 0.6 is 91.3 Å². The molecule has 15 heavy (non-hydrogen) atoms. The molecule has 0 amide bonds. The molecule has 0 nitrogen and oxygen atoms in total. The van der Waals surface area contributed by atoms with Crippen LogP contribution in [0, 0.1) is 0 Å². The Hall–Kier alpha value is 1.91. The van der Waals surface area contributed by atoms with Crippen molar-refractivity contribution < 1.29 is 0 Å². The summed E-state index contributed by atoms with van der Waals surface area (Å²) in [6.45, 7) is 2.09. The first-order valence-corrected chi connectivity index (χ1v) is 8.49. The predicted molar refractivity (Wildman–Crippen MR) is 84.1 cm³/mol. The van der Waals surface area contributed by atoms with E-state index in [2.05, 4.69) is 86.6 Å². The lowest BCUT2D eigenvalue weighted by Crippen LogP contribution is -1.99. The Morgan fingerprint density at radius 1 is 0.867 bits per heavy atom. The largest absolute Gasteiger partial charge is 0.126 e. The average molecular weight is 549 g/mol. The van der Waals surface area contributed by atoms with Crippen molar-refractivity contribution in [2.75, 3.05) is 5.88 Å². The van der Waals surface area contributed by atoms with Gasteiger partial charge in [0.1, 0.15) is 0 Å². The second-order valence-corrected chi connectivity index (χ2v) is 7.31. The van der Waals surface area contributed by atoms with E-state index in [0.717, 1.165) is 27.9 Å². The summed E-state index contributed by atoms with van der Waals surface area (Å²) in [5, 5.41) is 0. The van der Waals surface area contributed by atoms with Crippen LogP contribution in [0.3, 0.4) is 0 Å². The van der Waals surface area contributed by atoms with Gasteiger partial charge in [-0.1, -0.05) is 6.92 Å². The van der Waals surface area contributed by atoms with Gasteiger partial charge >= 0.3 is 0 Å². The first kappa shape index (κ1) is 15.0. The zero-order valence-electron chi connectivity index (χ0n) is 7.55. The Labute approximate surface area is 136 Å². The minimum atomic E-state index is 0.274. The van der Waals surface area contributed by atoms with Gasteiger partial charge in [-0.15, -0.1) is 11.6 Å². The van der Waals surface area contributed by atoms with E-state index in [1.165, 1.54) is 0 Å². The average Bonchev–Trinajstić information content (AvgIpc) is 2.23. The van der Waals surface area contributed by atoms with Gasteiger partial charge in [0.05, 0.1) is 0 Å². The minimum absolute atomic E-state index is 0.274. The molecular formula is C9H6Br5Cl. The molecule has 0 aliphatic heterocycles. The number of alkyl halides is 1. The van der Waals surface area contributed by atoms with E-state index in [0.29, 0.717) is 5.88 Å². The first-order valence-electron chi connectivity index (χ1n) is 3.99. The molecule has 0 heterocycles. The molecule has 1 rings (SSSR count). The summed E-state index contributed by atoms with van der Waals surface area (Å²) in [7, 11) is 0. The third kappa shape index (κ3) is 3.02. The Kier molecular flexibility index (Phi) is 6.17. The molecular weight excluding hydrogens is 543 g/mol. The smallest absolute Gasteiger partial charge is 0.0482 e. The van der Waals surface area contributed by atoms with E-state index in [4.69, 9.17) is 11.6 Å². The van der Waals surface area contributed by atoms with Gasteiger partial charge in [-0.3, -0.25) is 0 Å². The molecule has 1 atom stereocenters. The summed E-state index contributed by atoms with van der Waals surface area (Å²) in [5.41, 5.74) is 1.16. The molecule has 0 saturated carbocycles. The quantitative estimate of drug-likeness (QED) is 0.216. The van der Waals surface area contributed by atoms with Crippen LogP contribution in [0.25, 0.3) is 0 Å². The maximum Gasteiger partial charge on any atom is 0.0482 e. The molecule has 0 N–H and O–H groups in total. The highest BCUT2D eigenvalue weighted by Crippen LogP contribution is 2.47. The van der Waals surface area contributed by atoms with Crippen LogP contribution in [0.1, 0.15) is 18.4 Å². The normalized spacial score (nSPS) is 13.0. The maximum atomic E-state index is 5.89. The lowest BCUT2D eigenvalue weighted by molar-refractivity contribution is 0.859. The monoisotopic (exact) mass is 544 g/mol. The van der Waals surface area contributed by atoms with Crippen LogP contribution in [0.4, 0.5) is 0 Å². The molecule has 0 fully saturated rings. The third-order valence-corrected chi connectivity index (χ3v) is 8.59. The summed E-state index contributed by atoms with van der Waals surface area (Å²) >= 11 is 23.6. The second kappa shape index (κ2) is 6.19. The van der Waals surface area contributed by atoms with Gasteiger partial charge in [0.15, 0.2) is 0 Å². The molecule has 0 saturated heterocycles. The van der Waals surface area contributed by atoms with Crippen molar-refractivity contribution in [3.63, 3.8) is 0 Å². The van der Waals surface area contributed by atoms with Crippen LogP contribution in [0.5, 0.6) is 0 Å². The molecule has 0 spiro atoms. The van der Waals surface area contributed by atoms with Crippen LogP contribution < -0.4 is 0 Å². The Balaban J connectivity index is 3.52. The molecule has 0 radical (unpaired) electrons. The predicted octanol–water partition coefficient (Wildman–Crippen LogP) is 6.84. The van der Waals surface area contributed by atoms with Gasteiger partial charge in [0.25, 0.3) is 0 Å². The van der Waals surface area contributed by atoms with E-state index in [1.807, 2.05) is 0 Å². The highest BCUT2D eigenvalue weighted by molar-refractivity contribution is 9.15. The molecule has 1 aromatic carbocycles. The lowest BCUT2D eigenvalue weighted by Gasteiger charge is -2.17. The van der Waals surface area contributed by atoms with Gasteiger partial charge < -0.3 is 0 Å². The summed E-state index contributed by atoms with van der Waals surface area (Å²) in [4.78, 5) is 0. The van der Waals surface area contributed by atoms with Crippen LogP contribution in [0.15, 0.2) is 22.4 Å². The van der Waals surface area contributed by atoms with Crippen molar-refractivity contribution >= 4 is 91.3 Å². The molecule has 6 heteroatoms. The van der Waals surface area contributed by atoms with Crippen molar-refractivity contribution in [1.29, 1.82) is 0 Å². The third-order valence-electron chi connectivity index (χ3n) is 1.97. The number of benzene rings is 1. The molecule has 0 aliphatic carbocycles. The topological polar surface area (TPSA) is 0 Å². The summed E-state index contributed by atoms with van der Waals surface area (Å²) in [6, 6.07) is 0.